The smallest absolute Gasteiger partial charge is 0.293 e. The molecule has 10 heteroatoms. The van der Waals surface area contributed by atoms with E-state index in [1.54, 1.807) is 0 Å². The third-order valence-electron chi connectivity index (χ3n) is 4.15. The number of ether oxygens (including phenoxy) is 1. The van der Waals surface area contributed by atoms with Crippen molar-refractivity contribution in [3.8, 4) is 5.75 Å². The Balaban J connectivity index is 0.00000288. The van der Waals surface area contributed by atoms with Crippen molar-refractivity contribution >= 4 is 28.1 Å². The molecule has 1 saturated heterocycles. The monoisotopic (exact) mass is 379 g/mol. The molecule has 2 N–H and O–H groups in total. The lowest BCUT2D eigenvalue weighted by Gasteiger charge is -2.36. The van der Waals surface area contributed by atoms with Crippen LogP contribution in [-0.2, 0) is 10.0 Å². The largest absolute Gasteiger partial charge is 0.497 e. The molecule has 1 aliphatic heterocycles. The van der Waals surface area contributed by atoms with E-state index in [-0.39, 0.29) is 35.6 Å². The summed E-state index contributed by atoms with van der Waals surface area (Å²) in [5.41, 5.74) is 5.23. The summed E-state index contributed by atoms with van der Waals surface area (Å²) in [6.07, 6.45) is 1.36. The lowest BCUT2D eigenvalue weighted by Crippen LogP contribution is -2.49. The molecule has 0 aliphatic carbocycles. The lowest BCUT2D eigenvalue weighted by molar-refractivity contribution is -0.387. The number of methoxy groups -OCH3 is 1. The number of nitro benzene ring substituents is 1. The Morgan fingerprint density at radius 2 is 2.12 bits per heavy atom. The van der Waals surface area contributed by atoms with Gasteiger partial charge in [0, 0.05) is 19.1 Å². The fraction of sp³-hybridized carbons (Fsp3) is 0.571. The van der Waals surface area contributed by atoms with Crippen LogP contribution in [0.25, 0.3) is 0 Å². The van der Waals surface area contributed by atoms with Crippen LogP contribution in [0.4, 0.5) is 5.69 Å². The second-order valence-corrected chi connectivity index (χ2v) is 7.58. The van der Waals surface area contributed by atoms with E-state index in [0.717, 1.165) is 6.07 Å². The molecule has 1 aromatic rings. The van der Waals surface area contributed by atoms with E-state index in [0.29, 0.717) is 25.3 Å². The Bertz CT molecular complexity index is 698. The van der Waals surface area contributed by atoms with Gasteiger partial charge in [0.05, 0.1) is 18.1 Å². The first-order chi connectivity index (χ1) is 10.8. The first-order valence-corrected chi connectivity index (χ1v) is 8.79. The quantitative estimate of drug-likeness (QED) is 0.615. The van der Waals surface area contributed by atoms with Crippen LogP contribution in [0.5, 0.6) is 5.75 Å². The number of nitrogens with two attached hydrogens (primary N) is 1. The highest BCUT2D eigenvalue weighted by atomic mass is 35.5. The predicted molar refractivity (Wildman–Crippen MR) is 92.0 cm³/mol. The van der Waals surface area contributed by atoms with Crippen LogP contribution in [0.2, 0.25) is 0 Å². The first kappa shape index (κ1) is 20.6. The lowest BCUT2D eigenvalue weighted by atomic mass is 9.94. The van der Waals surface area contributed by atoms with Crippen molar-refractivity contribution in [1.29, 1.82) is 0 Å². The second-order valence-electron chi connectivity index (χ2n) is 5.73. The minimum absolute atomic E-state index is 0. The minimum atomic E-state index is -3.99. The number of sulfonamides is 1. The SMILES string of the molecule is COc1ccc(S(=O)(=O)N2CCC(C)CC2CN)c([N+](=O)[O-])c1.Cl. The Morgan fingerprint density at radius 1 is 1.46 bits per heavy atom. The summed E-state index contributed by atoms with van der Waals surface area (Å²) in [6.45, 7) is 2.55. The van der Waals surface area contributed by atoms with Crippen LogP contribution in [0.15, 0.2) is 23.1 Å². The molecule has 136 valence electrons. The molecule has 1 aromatic carbocycles. The molecule has 2 unspecified atom stereocenters. The van der Waals surface area contributed by atoms with Crippen LogP contribution in [0.1, 0.15) is 19.8 Å². The number of nitrogens with zero attached hydrogens (tertiary/aromatic N) is 2. The highest BCUT2D eigenvalue weighted by Crippen LogP contribution is 2.34. The standard InChI is InChI=1S/C14H21N3O5S.ClH/c1-10-5-6-16(11(7-10)9-15)23(20,21)14-4-3-12(22-2)8-13(14)17(18)19;/h3-4,8,10-11H,5-7,9,15H2,1-2H3;1H. The molecule has 0 amide bonds. The molecule has 8 nitrogen and oxygen atoms in total. The molecule has 0 radical (unpaired) electrons. The van der Waals surface area contributed by atoms with Gasteiger partial charge >= 0.3 is 0 Å². The molecule has 2 rings (SSSR count). The van der Waals surface area contributed by atoms with Gasteiger partial charge in [-0.1, -0.05) is 6.92 Å². The minimum Gasteiger partial charge on any atom is -0.497 e. The van der Waals surface area contributed by atoms with E-state index in [9.17, 15) is 18.5 Å². The van der Waals surface area contributed by atoms with Gasteiger partial charge < -0.3 is 10.5 Å². The summed E-state index contributed by atoms with van der Waals surface area (Å²) in [4.78, 5) is 10.2. The Kier molecular flexibility index (Phi) is 6.97. The topological polar surface area (TPSA) is 116 Å². The third kappa shape index (κ3) is 3.97. The van der Waals surface area contributed by atoms with Crippen LogP contribution in [-0.4, -0.2) is 43.9 Å². The van der Waals surface area contributed by atoms with Crippen molar-refractivity contribution in [3.63, 3.8) is 0 Å². The maximum Gasteiger partial charge on any atom is 0.293 e. The third-order valence-corrected chi connectivity index (χ3v) is 6.14. The number of nitro groups is 1. The summed E-state index contributed by atoms with van der Waals surface area (Å²) < 4.78 is 32.1. The Hall–Kier alpha value is -1.42. The van der Waals surface area contributed by atoms with E-state index in [1.165, 1.54) is 23.5 Å². The summed E-state index contributed by atoms with van der Waals surface area (Å²) >= 11 is 0. The van der Waals surface area contributed by atoms with Crippen LogP contribution < -0.4 is 10.5 Å². The molecule has 2 atom stereocenters. The van der Waals surface area contributed by atoms with Gasteiger partial charge in [0.15, 0.2) is 4.90 Å². The molecule has 0 saturated carbocycles. The summed E-state index contributed by atoms with van der Waals surface area (Å²) in [5, 5.41) is 11.3. The summed E-state index contributed by atoms with van der Waals surface area (Å²) in [7, 11) is -2.63. The van der Waals surface area contributed by atoms with E-state index >= 15 is 0 Å². The van der Waals surface area contributed by atoms with E-state index < -0.39 is 20.6 Å². The molecule has 1 fully saturated rings. The Morgan fingerprint density at radius 3 is 2.67 bits per heavy atom. The zero-order valence-corrected chi connectivity index (χ0v) is 15.2. The van der Waals surface area contributed by atoms with Crippen molar-refractivity contribution in [3.05, 3.63) is 28.3 Å². The molecule has 24 heavy (non-hydrogen) atoms. The fourth-order valence-electron chi connectivity index (χ4n) is 2.87. The van der Waals surface area contributed by atoms with Gasteiger partial charge in [-0.25, -0.2) is 8.42 Å². The van der Waals surface area contributed by atoms with Crippen molar-refractivity contribution in [1.82, 2.24) is 4.31 Å². The maximum absolute atomic E-state index is 12.9. The number of benzene rings is 1. The van der Waals surface area contributed by atoms with Gasteiger partial charge in [0.25, 0.3) is 5.69 Å². The number of hydrogen-bond acceptors (Lipinski definition) is 6. The highest BCUT2D eigenvalue weighted by molar-refractivity contribution is 7.89. The average Bonchev–Trinajstić information content (AvgIpc) is 2.53. The van der Waals surface area contributed by atoms with Crippen molar-refractivity contribution < 1.29 is 18.1 Å². The summed E-state index contributed by atoms with van der Waals surface area (Å²) in [6, 6.07) is 3.41. The van der Waals surface area contributed by atoms with Crippen molar-refractivity contribution in [2.45, 2.75) is 30.7 Å². The molecular formula is C14H22ClN3O5S. The zero-order valence-electron chi connectivity index (χ0n) is 13.5. The van der Waals surface area contributed by atoms with Gasteiger partial charge in [0.1, 0.15) is 5.75 Å². The van der Waals surface area contributed by atoms with Gasteiger partial charge in [-0.15, -0.1) is 12.4 Å². The molecule has 1 heterocycles. The van der Waals surface area contributed by atoms with Gasteiger partial charge in [-0.2, -0.15) is 4.31 Å². The number of hydrogen-bond donors (Lipinski definition) is 1. The van der Waals surface area contributed by atoms with Crippen molar-refractivity contribution in [2.75, 3.05) is 20.2 Å². The number of halogens is 1. The molecule has 0 spiro atoms. The molecule has 1 aliphatic rings. The number of piperidine rings is 1. The fourth-order valence-corrected chi connectivity index (χ4v) is 4.67. The van der Waals surface area contributed by atoms with Crippen LogP contribution >= 0.6 is 12.4 Å². The zero-order chi connectivity index (χ0) is 17.2. The molecule has 0 aromatic heterocycles. The predicted octanol–water partition coefficient (Wildman–Crippen LogP) is 1.77. The van der Waals surface area contributed by atoms with Crippen molar-refractivity contribution in [2.24, 2.45) is 11.7 Å². The molecular weight excluding hydrogens is 358 g/mol. The first-order valence-electron chi connectivity index (χ1n) is 7.35. The van der Waals surface area contributed by atoms with Gasteiger partial charge in [-0.3, -0.25) is 10.1 Å². The van der Waals surface area contributed by atoms with Crippen LogP contribution in [0, 0.1) is 16.0 Å². The van der Waals surface area contributed by atoms with E-state index in [2.05, 4.69) is 0 Å². The van der Waals surface area contributed by atoms with Gasteiger partial charge in [0.2, 0.25) is 10.0 Å². The molecule has 0 bridgehead atoms. The average molecular weight is 380 g/mol. The second kappa shape index (κ2) is 8.11. The normalized spacial score (nSPS) is 21.8. The maximum atomic E-state index is 12.9. The van der Waals surface area contributed by atoms with E-state index in [4.69, 9.17) is 10.5 Å². The van der Waals surface area contributed by atoms with Crippen LogP contribution in [0.3, 0.4) is 0 Å². The Labute approximate surface area is 147 Å². The van der Waals surface area contributed by atoms with Gasteiger partial charge in [-0.05, 0) is 30.9 Å². The van der Waals surface area contributed by atoms with E-state index in [1.807, 2.05) is 6.92 Å². The summed E-state index contributed by atoms with van der Waals surface area (Å²) in [5.74, 6) is 0.610. The number of rotatable bonds is 5. The highest BCUT2D eigenvalue weighted by Gasteiger charge is 2.38.